The summed E-state index contributed by atoms with van der Waals surface area (Å²) in [4.78, 5) is 40.3. The second-order valence-corrected chi connectivity index (χ2v) is 16.3. The summed E-state index contributed by atoms with van der Waals surface area (Å²) in [5.74, 6) is -0.240. The van der Waals surface area contributed by atoms with E-state index in [-0.39, 0.29) is 48.6 Å². The Morgan fingerprint density at radius 3 is 1.72 bits per heavy atom. The third-order valence-corrected chi connectivity index (χ3v) is 11.1. The van der Waals surface area contributed by atoms with Crippen LogP contribution in [0.25, 0.3) is 0 Å². The van der Waals surface area contributed by atoms with Gasteiger partial charge in [0, 0.05) is 31.7 Å². The number of ether oxygens (including phenoxy) is 3. The average Bonchev–Trinajstić information content (AvgIpc) is 3.49. The molecule has 1 saturated carbocycles. The summed E-state index contributed by atoms with van der Waals surface area (Å²) in [6, 6.07) is 0. The molecule has 1 rings (SSSR count). The predicted molar refractivity (Wildman–Crippen MR) is 221 cm³/mol. The van der Waals surface area contributed by atoms with Crippen LogP contribution in [0, 0.1) is 11.8 Å². The molecule has 0 bridgehead atoms. The van der Waals surface area contributed by atoms with Crippen LogP contribution in [0.3, 0.4) is 0 Å². The molecule has 4 atom stereocenters. The van der Waals surface area contributed by atoms with E-state index in [9.17, 15) is 14.4 Å². The first kappa shape index (κ1) is 49.1. The molecule has 0 heterocycles. The second-order valence-electron chi connectivity index (χ2n) is 16.3. The van der Waals surface area contributed by atoms with E-state index in [1.54, 1.807) is 0 Å². The zero-order valence-electron chi connectivity index (χ0n) is 35.5. The van der Waals surface area contributed by atoms with Crippen molar-refractivity contribution < 1.29 is 28.6 Å². The number of allylic oxidation sites excluding steroid dienone is 2. The van der Waals surface area contributed by atoms with Gasteiger partial charge in [0.2, 0.25) is 0 Å². The van der Waals surface area contributed by atoms with Gasteiger partial charge in [-0.25, -0.2) is 0 Å². The summed E-state index contributed by atoms with van der Waals surface area (Å²) in [5.41, 5.74) is 0. The molecular weight excluding hydrogens is 663 g/mol. The molecular formula is C46H85NO6. The van der Waals surface area contributed by atoms with Crippen molar-refractivity contribution >= 4 is 17.9 Å². The second kappa shape index (κ2) is 34.6. The Morgan fingerprint density at radius 1 is 0.623 bits per heavy atom. The number of nitrogens with zero attached hydrogens (tertiary/aromatic N) is 1. The largest absolute Gasteiger partial charge is 0.466 e. The van der Waals surface area contributed by atoms with Gasteiger partial charge in [0.1, 0.15) is 12.2 Å². The van der Waals surface area contributed by atoms with Crippen LogP contribution < -0.4 is 0 Å². The van der Waals surface area contributed by atoms with Crippen LogP contribution in [0.2, 0.25) is 0 Å². The molecule has 0 aromatic heterocycles. The van der Waals surface area contributed by atoms with E-state index in [2.05, 4.69) is 32.9 Å². The molecule has 0 saturated heterocycles. The van der Waals surface area contributed by atoms with Gasteiger partial charge in [0.05, 0.1) is 13.0 Å². The minimum Gasteiger partial charge on any atom is -0.466 e. The molecule has 53 heavy (non-hydrogen) atoms. The van der Waals surface area contributed by atoms with Crippen LogP contribution in [0.1, 0.15) is 213 Å². The first-order valence-corrected chi connectivity index (χ1v) is 22.6. The SMILES string of the molecule is CC/C=C\CC1C(CC(=O)OCCC(CCCCCCCCCCCCCCCCCC)OC(=O)CCCCCCC)CCC1OC(=O)CCN(C)C. The van der Waals surface area contributed by atoms with Crippen molar-refractivity contribution in [2.24, 2.45) is 11.8 Å². The Bertz CT molecular complexity index is 920. The highest BCUT2D eigenvalue weighted by molar-refractivity contribution is 5.71. The van der Waals surface area contributed by atoms with Gasteiger partial charge >= 0.3 is 17.9 Å². The fourth-order valence-corrected chi connectivity index (χ4v) is 7.69. The maximum atomic E-state index is 13.1. The van der Waals surface area contributed by atoms with Crippen LogP contribution in [0.15, 0.2) is 12.2 Å². The van der Waals surface area contributed by atoms with Gasteiger partial charge in [-0.3, -0.25) is 14.4 Å². The summed E-state index contributed by atoms with van der Waals surface area (Å²) in [5, 5.41) is 0. The minimum atomic E-state index is -0.207. The molecule has 1 fully saturated rings. The summed E-state index contributed by atoms with van der Waals surface area (Å²) in [7, 11) is 3.90. The molecule has 0 radical (unpaired) electrons. The third-order valence-electron chi connectivity index (χ3n) is 11.1. The lowest BCUT2D eigenvalue weighted by Gasteiger charge is -2.24. The molecule has 1 aliphatic rings. The number of hydrogen-bond acceptors (Lipinski definition) is 7. The van der Waals surface area contributed by atoms with E-state index in [4.69, 9.17) is 14.2 Å². The van der Waals surface area contributed by atoms with E-state index in [0.29, 0.717) is 32.2 Å². The Morgan fingerprint density at radius 2 is 1.17 bits per heavy atom. The van der Waals surface area contributed by atoms with E-state index in [0.717, 1.165) is 57.8 Å². The number of hydrogen-bond donors (Lipinski definition) is 0. The zero-order valence-corrected chi connectivity index (χ0v) is 35.5. The standard InChI is InChI=1S/C46H85NO6/c1-6-9-12-14-15-16-17-18-19-20-21-22-23-24-26-28-30-41(52-44(48)32-29-25-13-10-7-2)36-38-51-46(50)39-40-33-34-43(42(40)31-27-11-8-3)53-45(49)35-37-47(4)5/h11,27,40-43H,6-10,12-26,28-39H2,1-5H3/b27-11-. The van der Waals surface area contributed by atoms with E-state index in [1.165, 1.54) is 109 Å². The molecule has 0 aliphatic heterocycles. The molecule has 0 amide bonds. The van der Waals surface area contributed by atoms with Gasteiger partial charge in [-0.15, -0.1) is 0 Å². The van der Waals surface area contributed by atoms with Gasteiger partial charge < -0.3 is 19.1 Å². The molecule has 0 aromatic rings. The van der Waals surface area contributed by atoms with Gasteiger partial charge in [-0.1, -0.05) is 155 Å². The smallest absolute Gasteiger partial charge is 0.307 e. The summed E-state index contributed by atoms with van der Waals surface area (Å²) >= 11 is 0. The Balaban J connectivity index is 2.46. The number of carbonyl (C=O) groups is 3. The monoisotopic (exact) mass is 748 g/mol. The Labute approximate surface area is 327 Å². The molecule has 0 aromatic carbocycles. The van der Waals surface area contributed by atoms with Crippen LogP contribution in [-0.2, 0) is 28.6 Å². The van der Waals surface area contributed by atoms with E-state index >= 15 is 0 Å². The number of carbonyl (C=O) groups excluding carboxylic acids is 3. The van der Waals surface area contributed by atoms with Gasteiger partial charge in [-0.05, 0) is 65.0 Å². The van der Waals surface area contributed by atoms with E-state index in [1.807, 2.05) is 19.0 Å². The molecule has 1 aliphatic carbocycles. The predicted octanol–water partition coefficient (Wildman–Crippen LogP) is 12.5. The fourth-order valence-electron chi connectivity index (χ4n) is 7.69. The van der Waals surface area contributed by atoms with Crippen molar-refractivity contribution in [3.05, 3.63) is 12.2 Å². The number of esters is 3. The molecule has 4 unspecified atom stereocenters. The molecule has 0 N–H and O–H groups in total. The van der Waals surface area contributed by atoms with Gasteiger partial charge in [0.15, 0.2) is 0 Å². The van der Waals surface area contributed by atoms with Crippen LogP contribution in [0.5, 0.6) is 0 Å². The minimum absolute atomic E-state index is 0.116. The molecule has 7 heteroatoms. The zero-order chi connectivity index (χ0) is 38.8. The summed E-state index contributed by atoms with van der Waals surface area (Å²) < 4.78 is 17.7. The van der Waals surface area contributed by atoms with Crippen LogP contribution >= 0.6 is 0 Å². The highest BCUT2D eigenvalue weighted by Gasteiger charge is 2.39. The number of unbranched alkanes of at least 4 members (excludes halogenated alkanes) is 19. The Hall–Kier alpha value is -1.89. The third kappa shape index (κ3) is 28.2. The maximum Gasteiger partial charge on any atom is 0.307 e. The Kier molecular flexibility index (Phi) is 32.1. The number of rotatable bonds is 36. The van der Waals surface area contributed by atoms with Crippen molar-refractivity contribution in [1.82, 2.24) is 4.90 Å². The van der Waals surface area contributed by atoms with Crippen LogP contribution in [-0.4, -0.2) is 62.3 Å². The summed E-state index contributed by atoms with van der Waals surface area (Å²) in [6.07, 6.45) is 36.7. The highest BCUT2D eigenvalue weighted by atomic mass is 16.6. The maximum absolute atomic E-state index is 13.1. The van der Waals surface area contributed by atoms with Crippen LogP contribution in [0.4, 0.5) is 0 Å². The first-order valence-electron chi connectivity index (χ1n) is 22.6. The lowest BCUT2D eigenvalue weighted by Crippen LogP contribution is -2.28. The summed E-state index contributed by atoms with van der Waals surface area (Å²) in [6.45, 7) is 7.52. The van der Waals surface area contributed by atoms with E-state index < -0.39 is 0 Å². The lowest BCUT2D eigenvalue weighted by atomic mass is 9.88. The van der Waals surface area contributed by atoms with Crippen molar-refractivity contribution in [2.75, 3.05) is 27.2 Å². The lowest BCUT2D eigenvalue weighted by molar-refractivity contribution is -0.152. The van der Waals surface area contributed by atoms with Crippen molar-refractivity contribution in [2.45, 2.75) is 226 Å². The topological polar surface area (TPSA) is 82.1 Å². The molecule has 7 nitrogen and oxygen atoms in total. The molecule has 310 valence electrons. The van der Waals surface area contributed by atoms with Crippen molar-refractivity contribution in [1.29, 1.82) is 0 Å². The van der Waals surface area contributed by atoms with Crippen molar-refractivity contribution in [3.8, 4) is 0 Å². The molecule has 0 spiro atoms. The fraction of sp³-hybridized carbons (Fsp3) is 0.891. The first-order chi connectivity index (χ1) is 25.8. The normalized spacial score (nSPS) is 17.8. The van der Waals surface area contributed by atoms with Crippen molar-refractivity contribution in [3.63, 3.8) is 0 Å². The quantitative estimate of drug-likeness (QED) is 0.0273. The van der Waals surface area contributed by atoms with Gasteiger partial charge in [-0.2, -0.15) is 0 Å². The van der Waals surface area contributed by atoms with Gasteiger partial charge in [0.25, 0.3) is 0 Å². The highest BCUT2D eigenvalue weighted by Crippen LogP contribution is 2.39. The average molecular weight is 748 g/mol.